The van der Waals surface area contributed by atoms with Crippen LogP contribution < -0.4 is 5.14 Å². The second-order valence-electron chi connectivity index (χ2n) is 5.98. The number of rotatable bonds is 3. The minimum absolute atomic E-state index is 0.0223. The van der Waals surface area contributed by atoms with Crippen LogP contribution in [-0.4, -0.2) is 18.0 Å². The molecule has 4 rings (SSSR count). The lowest BCUT2D eigenvalue weighted by atomic mass is 10.00. The van der Waals surface area contributed by atoms with Crippen molar-refractivity contribution < 1.29 is 12.8 Å². The summed E-state index contributed by atoms with van der Waals surface area (Å²) in [5, 5.41) is 10.3. The van der Waals surface area contributed by atoms with Crippen LogP contribution in [0.5, 0.6) is 0 Å². The minimum atomic E-state index is -3.78. The molecule has 4 aromatic rings. The van der Waals surface area contributed by atoms with E-state index in [1.807, 2.05) is 6.07 Å². The van der Waals surface area contributed by atoms with Gasteiger partial charge in [0.1, 0.15) is 11.5 Å². The Morgan fingerprint density at radius 3 is 2.19 bits per heavy atom. The van der Waals surface area contributed by atoms with Gasteiger partial charge in [-0.1, -0.05) is 23.7 Å². The van der Waals surface area contributed by atoms with Gasteiger partial charge < -0.3 is 0 Å². The van der Waals surface area contributed by atoms with E-state index in [0.717, 1.165) is 22.2 Å². The molecule has 0 amide bonds. The van der Waals surface area contributed by atoms with Crippen molar-refractivity contribution >= 4 is 27.1 Å². The molecule has 8 heteroatoms. The quantitative estimate of drug-likeness (QED) is 0.561. The summed E-state index contributed by atoms with van der Waals surface area (Å²) in [4.78, 5) is 0.0223. The molecule has 0 aliphatic heterocycles. The van der Waals surface area contributed by atoms with Crippen LogP contribution in [0.25, 0.3) is 27.9 Å². The molecule has 0 bridgehead atoms. The highest BCUT2D eigenvalue weighted by atomic mass is 35.5. The Labute approximate surface area is 159 Å². The van der Waals surface area contributed by atoms with E-state index >= 15 is 0 Å². The van der Waals surface area contributed by atoms with E-state index in [4.69, 9.17) is 16.7 Å². The maximum atomic E-state index is 13.3. The average molecular weight is 402 g/mol. The predicted octanol–water partition coefficient (Wildman–Crippen LogP) is 4.11. The SMILES string of the molecule is NS(=O)(=O)c1ccc(-c2c(-c3ccc(F)cc3)nn3cc(Cl)ccc23)cc1. The van der Waals surface area contributed by atoms with Crippen LogP contribution in [-0.2, 0) is 10.0 Å². The standard InChI is InChI=1S/C19H13ClFN3O2S/c20-14-5-10-17-18(12-3-8-16(9-4-12)27(22,25)26)19(23-24(17)11-14)13-1-6-15(21)7-2-13/h1-11H,(H2,22,25,26). The fourth-order valence-electron chi connectivity index (χ4n) is 2.93. The van der Waals surface area contributed by atoms with Crippen molar-refractivity contribution in [2.75, 3.05) is 0 Å². The molecule has 2 N–H and O–H groups in total. The van der Waals surface area contributed by atoms with Gasteiger partial charge in [-0.25, -0.2) is 22.5 Å². The van der Waals surface area contributed by atoms with E-state index in [2.05, 4.69) is 5.10 Å². The Hall–Kier alpha value is -2.74. The Bertz CT molecular complexity index is 1250. The third-order valence-electron chi connectivity index (χ3n) is 4.18. The molecule has 0 unspecified atom stereocenters. The Balaban J connectivity index is 1.97. The normalized spacial score (nSPS) is 11.8. The first kappa shape index (κ1) is 17.7. The number of aromatic nitrogens is 2. The molecular formula is C19H13ClFN3O2S. The summed E-state index contributed by atoms with van der Waals surface area (Å²) in [6.07, 6.45) is 1.67. The number of primary sulfonamides is 1. The summed E-state index contributed by atoms with van der Waals surface area (Å²) in [7, 11) is -3.78. The molecule has 0 aliphatic carbocycles. The first-order valence-electron chi connectivity index (χ1n) is 7.90. The smallest absolute Gasteiger partial charge is 0.238 e. The summed E-state index contributed by atoms with van der Waals surface area (Å²) in [6, 6.07) is 15.8. The lowest BCUT2D eigenvalue weighted by Crippen LogP contribution is -2.11. The molecule has 27 heavy (non-hydrogen) atoms. The van der Waals surface area contributed by atoms with Gasteiger partial charge >= 0.3 is 0 Å². The molecule has 136 valence electrons. The average Bonchev–Trinajstić information content (AvgIpc) is 3.00. The van der Waals surface area contributed by atoms with E-state index in [9.17, 15) is 12.8 Å². The lowest BCUT2D eigenvalue weighted by molar-refractivity contribution is 0.598. The molecule has 0 saturated heterocycles. The molecular weight excluding hydrogens is 389 g/mol. The molecule has 0 spiro atoms. The Morgan fingerprint density at radius 1 is 0.926 bits per heavy atom. The number of hydrogen-bond donors (Lipinski definition) is 1. The highest BCUT2D eigenvalue weighted by molar-refractivity contribution is 7.89. The van der Waals surface area contributed by atoms with Crippen molar-refractivity contribution in [2.45, 2.75) is 4.90 Å². The topological polar surface area (TPSA) is 77.5 Å². The molecule has 5 nitrogen and oxygen atoms in total. The number of halogens is 2. The molecule has 0 aliphatic rings. The van der Waals surface area contributed by atoms with Gasteiger partial charge in [-0.3, -0.25) is 0 Å². The van der Waals surface area contributed by atoms with Crippen LogP contribution in [0.2, 0.25) is 5.02 Å². The summed E-state index contributed by atoms with van der Waals surface area (Å²) in [6.45, 7) is 0. The van der Waals surface area contributed by atoms with E-state index in [0.29, 0.717) is 10.7 Å². The number of fused-ring (bicyclic) bond motifs is 1. The monoisotopic (exact) mass is 401 g/mol. The van der Waals surface area contributed by atoms with Gasteiger partial charge in [0.2, 0.25) is 10.0 Å². The highest BCUT2D eigenvalue weighted by Crippen LogP contribution is 2.36. The second kappa shape index (κ2) is 6.45. The molecule has 0 radical (unpaired) electrons. The van der Waals surface area contributed by atoms with Crippen LogP contribution >= 0.6 is 11.6 Å². The molecule has 0 atom stereocenters. The van der Waals surface area contributed by atoms with Gasteiger partial charge in [-0.15, -0.1) is 0 Å². The third kappa shape index (κ3) is 3.32. The highest BCUT2D eigenvalue weighted by Gasteiger charge is 2.17. The largest absolute Gasteiger partial charge is 0.238 e. The van der Waals surface area contributed by atoms with Crippen LogP contribution in [0.1, 0.15) is 0 Å². The first-order valence-corrected chi connectivity index (χ1v) is 9.82. The number of nitrogens with zero attached hydrogens (tertiary/aromatic N) is 2. The van der Waals surface area contributed by atoms with Crippen LogP contribution in [0.3, 0.4) is 0 Å². The zero-order chi connectivity index (χ0) is 19.2. The van der Waals surface area contributed by atoms with Crippen LogP contribution in [0.4, 0.5) is 4.39 Å². The molecule has 0 fully saturated rings. The van der Waals surface area contributed by atoms with Crippen LogP contribution in [0, 0.1) is 5.82 Å². The fraction of sp³-hybridized carbons (Fsp3) is 0. The lowest BCUT2D eigenvalue weighted by Gasteiger charge is -2.05. The van der Waals surface area contributed by atoms with E-state index in [1.54, 1.807) is 41.0 Å². The number of nitrogens with two attached hydrogens (primary N) is 1. The molecule has 2 heterocycles. The van der Waals surface area contributed by atoms with Crippen molar-refractivity contribution in [3.63, 3.8) is 0 Å². The van der Waals surface area contributed by atoms with Crippen molar-refractivity contribution in [1.82, 2.24) is 9.61 Å². The van der Waals surface area contributed by atoms with Crippen molar-refractivity contribution in [2.24, 2.45) is 5.14 Å². The fourth-order valence-corrected chi connectivity index (χ4v) is 3.60. The number of pyridine rings is 1. The van der Waals surface area contributed by atoms with Crippen molar-refractivity contribution in [3.8, 4) is 22.4 Å². The molecule has 2 aromatic carbocycles. The van der Waals surface area contributed by atoms with Gasteiger partial charge in [0.05, 0.1) is 15.4 Å². The van der Waals surface area contributed by atoms with Gasteiger partial charge in [0.15, 0.2) is 0 Å². The number of hydrogen-bond acceptors (Lipinski definition) is 3. The Morgan fingerprint density at radius 2 is 1.56 bits per heavy atom. The minimum Gasteiger partial charge on any atom is -0.238 e. The molecule has 0 saturated carbocycles. The van der Waals surface area contributed by atoms with E-state index in [1.165, 1.54) is 24.3 Å². The summed E-state index contributed by atoms with van der Waals surface area (Å²) in [5.41, 5.74) is 3.66. The summed E-state index contributed by atoms with van der Waals surface area (Å²) < 4.78 is 38.0. The maximum Gasteiger partial charge on any atom is 0.238 e. The number of sulfonamides is 1. The zero-order valence-electron chi connectivity index (χ0n) is 13.8. The van der Waals surface area contributed by atoms with Crippen molar-refractivity contribution in [1.29, 1.82) is 0 Å². The molecule has 2 aromatic heterocycles. The van der Waals surface area contributed by atoms with Crippen LogP contribution in [0.15, 0.2) is 71.8 Å². The maximum absolute atomic E-state index is 13.3. The van der Waals surface area contributed by atoms with Crippen molar-refractivity contribution in [3.05, 3.63) is 77.7 Å². The summed E-state index contributed by atoms with van der Waals surface area (Å²) in [5.74, 6) is -0.343. The Kier molecular flexibility index (Phi) is 4.22. The summed E-state index contributed by atoms with van der Waals surface area (Å²) >= 11 is 6.07. The second-order valence-corrected chi connectivity index (χ2v) is 7.97. The van der Waals surface area contributed by atoms with Gasteiger partial charge in [0, 0.05) is 17.3 Å². The van der Waals surface area contributed by atoms with E-state index in [-0.39, 0.29) is 10.7 Å². The third-order valence-corrected chi connectivity index (χ3v) is 5.34. The predicted molar refractivity (Wildman–Crippen MR) is 102 cm³/mol. The number of benzene rings is 2. The zero-order valence-corrected chi connectivity index (χ0v) is 15.4. The first-order chi connectivity index (χ1) is 12.8. The van der Waals surface area contributed by atoms with Gasteiger partial charge in [-0.05, 0) is 54.1 Å². The van der Waals surface area contributed by atoms with E-state index < -0.39 is 10.0 Å². The van der Waals surface area contributed by atoms with Gasteiger partial charge in [0.25, 0.3) is 0 Å². The van der Waals surface area contributed by atoms with Gasteiger partial charge in [-0.2, -0.15) is 5.10 Å².